The third kappa shape index (κ3) is 8.50. The highest BCUT2D eigenvalue weighted by Crippen LogP contribution is 2.09. The van der Waals surface area contributed by atoms with Crippen LogP contribution in [0.4, 0.5) is 0 Å². The van der Waals surface area contributed by atoms with Gasteiger partial charge in [0.1, 0.15) is 6.04 Å². The van der Waals surface area contributed by atoms with Gasteiger partial charge in [-0.2, -0.15) is 0 Å². The van der Waals surface area contributed by atoms with Gasteiger partial charge in [0.25, 0.3) is 0 Å². The van der Waals surface area contributed by atoms with E-state index in [0.717, 1.165) is 12.8 Å². The van der Waals surface area contributed by atoms with Gasteiger partial charge in [-0.1, -0.05) is 26.7 Å². The highest BCUT2D eigenvalue weighted by Gasteiger charge is 2.24. The molecule has 0 aromatic carbocycles. The second-order valence-electron chi connectivity index (χ2n) is 5.06. The van der Waals surface area contributed by atoms with Gasteiger partial charge >= 0.3 is 5.97 Å². The van der Waals surface area contributed by atoms with E-state index < -0.39 is 12.0 Å². The van der Waals surface area contributed by atoms with Crippen LogP contribution in [0.25, 0.3) is 0 Å². The first-order valence-corrected chi connectivity index (χ1v) is 7.15. The predicted molar refractivity (Wildman–Crippen MR) is 76.2 cm³/mol. The number of rotatable bonds is 10. The molecular formula is C14H26N2O4. The summed E-state index contributed by atoms with van der Waals surface area (Å²) in [5, 5.41) is 14.3. The highest BCUT2D eigenvalue weighted by atomic mass is 16.4. The lowest BCUT2D eigenvalue weighted by Crippen LogP contribution is -2.44. The molecule has 0 rings (SSSR count). The zero-order chi connectivity index (χ0) is 15.5. The monoisotopic (exact) mass is 286 g/mol. The van der Waals surface area contributed by atoms with Crippen molar-refractivity contribution in [3.8, 4) is 0 Å². The summed E-state index contributed by atoms with van der Waals surface area (Å²) in [5.41, 5.74) is 0. The lowest BCUT2D eigenvalue weighted by atomic mass is 9.99. The molecule has 0 bridgehead atoms. The van der Waals surface area contributed by atoms with Crippen LogP contribution in [-0.2, 0) is 14.4 Å². The fourth-order valence-electron chi connectivity index (χ4n) is 1.78. The van der Waals surface area contributed by atoms with Crippen molar-refractivity contribution < 1.29 is 19.5 Å². The molecule has 0 aromatic heterocycles. The van der Waals surface area contributed by atoms with Crippen molar-refractivity contribution in [2.75, 3.05) is 6.54 Å². The van der Waals surface area contributed by atoms with Crippen molar-refractivity contribution in [2.45, 2.75) is 58.9 Å². The lowest BCUT2D eigenvalue weighted by molar-refractivity contribution is -0.143. The molecule has 6 nitrogen and oxygen atoms in total. The summed E-state index contributed by atoms with van der Waals surface area (Å²) in [6, 6.07) is -0.813. The molecule has 0 aliphatic heterocycles. The average Bonchev–Trinajstić information content (AvgIpc) is 2.38. The molecule has 20 heavy (non-hydrogen) atoms. The van der Waals surface area contributed by atoms with Crippen LogP contribution >= 0.6 is 0 Å². The van der Waals surface area contributed by atoms with Crippen molar-refractivity contribution in [2.24, 2.45) is 5.92 Å². The van der Waals surface area contributed by atoms with Gasteiger partial charge in [-0.05, 0) is 18.8 Å². The number of hydrogen-bond donors (Lipinski definition) is 3. The van der Waals surface area contributed by atoms with Crippen molar-refractivity contribution in [1.29, 1.82) is 0 Å². The topological polar surface area (TPSA) is 95.5 Å². The molecule has 116 valence electrons. The van der Waals surface area contributed by atoms with Crippen LogP contribution in [0.2, 0.25) is 0 Å². The minimum Gasteiger partial charge on any atom is -0.480 e. The molecule has 2 unspecified atom stereocenters. The molecule has 0 aliphatic rings. The first kappa shape index (κ1) is 18.4. The smallest absolute Gasteiger partial charge is 0.326 e. The van der Waals surface area contributed by atoms with E-state index in [2.05, 4.69) is 10.6 Å². The molecule has 6 heteroatoms. The Morgan fingerprint density at radius 1 is 1.15 bits per heavy atom. The fraction of sp³-hybridized carbons (Fsp3) is 0.786. The van der Waals surface area contributed by atoms with Crippen LogP contribution in [0.1, 0.15) is 52.9 Å². The van der Waals surface area contributed by atoms with Gasteiger partial charge in [-0.25, -0.2) is 4.79 Å². The standard InChI is InChI=1S/C14H26N2O4/c1-4-10(2)13(14(19)20)16-12(18)8-6-5-7-9-15-11(3)17/h10,13H,4-9H2,1-3H3,(H,15,17)(H,16,18)(H,19,20). The average molecular weight is 286 g/mol. The number of unbranched alkanes of at least 4 members (excludes halogenated alkanes) is 2. The van der Waals surface area contributed by atoms with Crippen molar-refractivity contribution >= 4 is 17.8 Å². The van der Waals surface area contributed by atoms with Gasteiger partial charge in [0.15, 0.2) is 0 Å². The Labute approximate surface area is 120 Å². The van der Waals surface area contributed by atoms with Crippen LogP contribution in [0, 0.1) is 5.92 Å². The molecule has 3 N–H and O–H groups in total. The van der Waals surface area contributed by atoms with E-state index in [1.165, 1.54) is 6.92 Å². The van der Waals surface area contributed by atoms with Crippen LogP contribution < -0.4 is 10.6 Å². The van der Waals surface area contributed by atoms with Crippen molar-refractivity contribution in [3.05, 3.63) is 0 Å². The van der Waals surface area contributed by atoms with Gasteiger partial charge < -0.3 is 15.7 Å². The summed E-state index contributed by atoms with van der Waals surface area (Å²) >= 11 is 0. The van der Waals surface area contributed by atoms with E-state index >= 15 is 0 Å². The summed E-state index contributed by atoms with van der Waals surface area (Å²) in [6.07, 6.45) is 3.36. The molecule has 0 aromatic rings. The largest absolute Gasteiger partial charge is 0.480 e. The van der Waals surface area contributed by atoms with Crippen LogP contribution in [-0.4, -0.2) is 35.5 Å². The molecule has 0 saturated heterocycles. The molecule has 0 aliphatic carbocycles. The predicted octanol–water partition coefficient (Wildman–Crippen LogP) is 1.30. The summed E-state index contributed by atoms with van der Waals surface area (Å²) in [7, 11) is 0. The Hall–Kier alpha value is -1.59. The Morgan fingerprint density at radius 2 is 1.80 bits per heavy atom. The number of amides is 2. The Kier molecular flexibility index (Phi) is 9.41. The molecule has 2 amide bonds. The van der Waals surface area contributed by atoms with E-state index in [1.54, 1.807) is 0 Å². The number of carbonyl (C=O) groups is 3. The number of carboxylic acid groups (broad SMARTS) is 1. The molecule has 0 fully saturated rings. The Morgan fingerprint density at radius 3 is 2.30 bits per heavy atom. The van der Waals surface area contributed by atoms with Crippen molar-refractivity contribution in [3.63, 3.8) is 0 Å². The zero-order valence-electron chi connectivity index (χ0n) is 12.6. The van der Waals surface area contributed by atoms with Gasteiger partial charge in [-0.15, -0.1) is 0 Å². The maximum absolute atomic E-state index is 11.7. The zero-order valence-corrected chi connectivity index (χ0v) is 12.6. The summed E-state index contributed by atoms with van der Waals surface area (Å²) in [4.78, 5) is 33.4. The van der Waals surface area contributed by atoms with Gasteiger partial charge in [0, 0.05) is 19.9 Å². The summed E-state index contributed by atoms with van der Waals surface area (Å²) in [6.45, 7) is 5.79. The maximum atomic E-state index is 11.7. The van der Waals surface area contributed by atoms with Gasteiger partial charge in [0.05, 0.1) is 0 Å². The maximum Gasteiger partial charge on any atom is 0.326 e. The summed E-state index contributed by atoms with van der Waals surface area (Å²) in [5.74, 6) is -1.35. The number of carboxylic acids is 1. The van der Waals surface area contributed by atoms with E-state index in [9.17, 15) is 14.4 Å². The first-order valence-electron chi connectivity index (χ1n) is 7.15. The van der Waals surface area contributed by atoms with Gasteiger partial charge in [0.2, 0.25) is 11.8 Å². The molecule has 2 atom stereocenters. The molecule has 0 radical (unpaired) electrons. The van der Waals surface area contributed by atoms with Crippen molar-refractivity contribution in [1.82, 2.24) is 10.6 Å². The minimum absolute atomic E-state index is 0.0550. The number of hydrogen-bond acceptors (Lipinski definition) is 3. The second-order valence-corrected chi connectivity index (χ2v) is 5.06. The quantitative estimate of drug-likeness (QED) is 0.527. The molecule has 0 spiro atoms. The van der Waals surface area contributed by atoms with E-state index in [1.807, 2.05) is 13.8 Å². The van der Waals surface area contributed by atoms with E-state index in [-0.39, 0.29) is 17.7 Å². The normalized spacial score (nSPS) is 13.3. The third-order valence-corrected chi connectivity index (χ3v) is 3.25. The number of carbonyl (C=O) groups excluding carboxylic acids is 2. The lowest BCUT2D eigenvalue weighted by Gasteiger charge is -2.20. The van der Waals surface area contributed by atoms with Crippen LogP contribution in [0.3, 0.4) is 0 Å². The van der Waals surface area contributed by atoms with E-state index in [4.69, 9.17) is 5.11 Å². The number of aliphatic carboxylic acids is 1. The van der Waals surface area contributed by atoms with E-state index in [0.29, 0.717) is 25.8 Å². The third-order valence-electron chi connectivity index (χ3n) is 3.25. The minimum atomic E-state index is -0.988. The van der Waals surface area contributed by atoms with Crippen LogP contribution in [0.5, 0.6) is 0 Å². The Balaban J connectivity index is 3.86. The fourth-order valence-corrected chi connectivity index (χ4v) is 1.78. The summed E-state index contributed by atoms with van der Waals surface area (Å²) < 4.78 is 0. The number of nitrogens with one attached hydrogen (secondary N) is 2. The van der Waals surface area contributed by atoms with Gasteiger partial charge in [-0.3, -0.25) is 9.59 Å². The Bertz CT molecular complexity index is 331. The SMILES string of the molecule is CCC(C)C(NC(=O)CCCCCNC(C)=O)C(=O)O. The first-order chi connectivity index (χ1) is 9.38. The van der Waals surface area contributed by atoms with Crippen LogP contribution in [0.15, 0.2) is 0 Å². The highest BCUT2D eigenvalue weighted by molar-refractivity contribution is 5.83. The second kappa shape index (κ2) is 10.2. The molecule has 0 heterocycles. The molecular weight excluding hydrogens is 260 g/mol. The molecule has 0 saturated carbocycles.